The third-order valence-corrected chi connectivity index (χ3v) is 4.75. The van der Waals surface area contributed by atoms with Gasteiger partial charge in [0.1, 0.15) is 11.5 Å². The predicted octanol–water partition coefficient (Wildman–Crippen LogP) is 2.34. The van der Waals surface area contributed by atoms with Gasteiger partial charge < -0.3 is 10.4 Å². The van der Waals surface area contributed by atoms with E-state index >= 15 is 0 Å². The monoisotopic (exact) mass is 398 g/mol. The highest BCUT2D eigenvalue weighted by molar-refractivity contribution is 5.94. The maximum atomic E-state index is 13.4. The smallest absolute Gasteiger partial charge is 0.337 e. The van der Waals surface area contributed by atoms with E-state index < -0.39 is 23.2 Å². The molecule has 0 atom stereocenters. The lowest BCUT2D eigenvalue weighted by molar-refractivity contribution is 0.0696. The number of carboxylic acid groups (broad SMARTS) is 1. The van der Waals surface area contributed by atoms with Gasteiger partial charge >= 0.3 is 5.97 Å². The van der Waals surface area contributed by atoms with Crippen molar-refractivity contribution in [2.45, 2.75) is 32.2 Å². The summed E-state index contributed by atoms with van der Waals surface area (Å²) in [5.74, 6) is -2.19. The summed E-state index contributed by atoms with van der Waals surface area (Å²) in [5, 5.41) is 20.3. The molecule has 0 radical (unpaired) electrons. The van der Waals surface area contributed by atoms with Gasteiger partial charge in [0.05, 0.1) is 40.9 Å². The molecule has 0 aliphatic rings. The van der Waals surface area contributed by atoms with Crippen LogP contribution in [0, 0.1) is 5.82 Å². The van der Waals surface area contributed by atoms with Gasteiger partial charge in [-0.05, 0) is 25.0 Å². The fraction of sp³-hybridized carbons (Fsp3) is 0.263. The number of nitrogens with one attached hydrogen (secondary N) is 1. The van der Waals surface area contributed by atoms with Gasteiger partial charge in [-0.15, -0.1) is 5.10 Å². The van der Waals surface area contributed by atoms with Crippen molar-refractivity contribution < 1.29 is 19.1 Å². The van der Waals surface area contributed by atoms with Crippen molar-refractivity contribution in [1.82, 2.24) is 30.3 Å². The first kappa shape index (κ1) is 20.1. The maximum absolute atomic E-state index is 13.4. The number of aromatic carboxylic acids is 1. The SMILES string of the molecule is CCC(CC)(NC(=O)c1cncc(F)c1)c1cn(-c2cncc(C(=O)O)c2)nn1. The third-order valence-electron chi connectivity index (χ3n) is 4.75. The average molecular weight is 398 g/mol. The van der Waals surface area contributed by atoms with E-state index in [0.29, 0.717) is 24.2 Å². The Balaban J connectivity index is 1.92. The summed E-state index contributed by atoms with van der Waals surface area (Å²) < 4.78 is 14.8. The fourth-order valence-corrected chi connectivity index (χ4v) is 2.96. The molecule has 2 N–H and O–H groups in total. The molecule has 1 amide bonds. The van der Waals surface area contributed by atoms with Crippen LogP contribution in [0.3, 0.4) is 0 Å². The number of amides is 1. The molecule has 0 aromatic carbocycles. The number of halogens is 1. The van der Waals surface area contributed by atoms with E-state index in [2.05, 4.69) is 25.6 Å². The van der Waals surface area contributed by atoms with Crippen molar-refractivity contribution >= 4 is 11.9 Å². The van der Waals surface area contributed by atoms with Gasteiger partial charge in [-0.3, -0.25) is 14.8 Å². The molecule has 0 unspecified atom stereocenters. The Morgan fingerprint density at radius 2 is 1.79 bits per heavy atom. The number of carbonyl (C=O) groups excluding carboxylic acids is 1. The molecule has 0 fully saturated rings. The summed E-state index contributed by atoms with van der Waals surface area (Å²) in [5.41, 5.74) is 0.177. The van der Waals surface area contributed by atoms with Crippen LogP contribution in [0.4, 0.5) is 4.39 Å². The van der Waals surface area contributed by atoms with Crippen LogP contribution in [0.2, 0.25) is 0 Å². The second-order valence-electron chi connectivity index (χ2n) is 6.42. The van der Waals surface area contributed by atoms with Gasteiger partial charge in [0.25, 0.3) is 5.91 Å². The highest BCUT2D eigenvalue weighted by Crippen LogP contribution is 2.28. The normalized spacial score (nSPS) is 11.3. The molecule has 150 valence electrons. The highest BCUT2D eigenvalue weighted by Gasteiger charge is 2.34. The molecule has 29 heavy (non-hydrogen) atoms. The molecule has 3 heterocycles. The van der Waals surface area contributed by atoms with E-state index in [9.17, 15) is 14.0 Å². The lowest BCUT2D eigenvalue weighted by Crippen LogP contribution is -2.45. The molecule has 9 nitrogen and oxygen atoms in total. The molecular formula is C19H19FN6O3. The largest absolute Gasteiger partial charge is 0.478 e. The molecule has 10 heteroatoms. The van der Waals surface area contributed by atoms with Gasteiger partial charge in [0.2, 0.25) is 0 Å². The zero-order valence-electron chi connectivity index (χ0n) is 15.8. The van der Waals surface area contributed by atoms with Gasteiger partial charge in [-0.25, -0.2) is 13.9 Å². The van der Waals surface area contributed by atoms with Crippen LogP contribution in [0.5, 0.6) is 0 Å². The molecule has 3 aromatic heterocycles. The van der Waals surface area contributed by atoms with Gasteiger partial charge in [0.15, 0.2) is 0 Å². The first-order valence-corrected chi connectivity index (χ1v) is 8.93. The molecule has 0 aliphatic heterocycles. The number of carbonyl (C=O) groups is 2. The quantitative estimate of drug-likeness (QED) is 0.626. The number of rotatable bonds is 7. The van der Waals surface area contributed by atoms with E-state index in [4.69, 9.17) is 5.11 Å². The van der Waals surface area contributed by atoms with Crippen molar-refractivity contribution in [3.8, 4) is 5.69 Å². The summed E-state index contributed by atoms with van der Waals surface area (Å²) in [6.07, 6.45) is 7.62. The molecule has 0 saturated carbocycles. The highest BCUT2D eigenvalue weighted by atomic mass is 19.1. The minimum Gasteiger partial charge on any atom is -0.478 e. The Labute approximate surface area is 165 Å². The molecule has 0 saturated heterocycles. The fourth-order valence-electron chi connectivity index (χ4n) is 2.96. The summed E-state index contributed by atoms with van der Waals surface area (Å²) >= 11 is 0. The number of aromatic nitrogens is 5. The van der Waals surface area contributed by atoms with Crippen LogP contribution >= 0.6 is 0 Å². The van der Waals surface area contributed by atoms with E-state index in [-0.39, 0.29) is 11.1 Å². The van der Waals surface area contributed by atoms with Crippen LogP contribution in [0.25, 0.3) is 5.69 Å². The molecule has 3 rings (SSSR count). The number of nitrogens with zero attached hydrogens (tertiary/aromatic N) is 5. The first-order chi connectivity index (χ1) is 13.9. The zero-order valence-corrected chi connectivity index (χ0v) is 15.8. The summed E-state index contributed by atoms with van der Waals surface area (Å²) in [6.45, 7) is 3.78. The Kier molecular flexibility index (Phi) is 5.62. The summed E-state index contributed by atoms with van der Waals surface area (Å²) in [7, 11) is 0. The van der Waals surface area contributed by atoms with Crippen molar-refractivity contribution in [2.24, 2.45) is 0 Å². The molecule has 0 spiro atoms. The number of hydrogen-bond acceptors (Lipinski definition) is 6. The van der Waals surface area contributed by atoms with Gasteiger partial charge in [-0.1, -0.05) is 19.1 Å². The second-order valence-corrected chi connectivity index (χ2v) is 6.42. The van der Waals surface area contributed by atoms with Crippen molar-refractivity contribution in [1.29, 1.82) is 0 Å². The second kappa shape index (κ2) is 8.13. The Morgan fingerprint density at radius 3 is 2.45 bits per heavy atom. The van der Waals surface area contributed by atoms with Gasteiger partial charge in [-0.2, -0.15) is 0 Å². The van der Waals surface area contributed by atoms with E-state index in [1.165, 1.54) is 29.3 Å². The van der Waals surface area contributed by atoms with Crippen LogP contribution in [-0.4, -0.2) is 41.9 Å². The number of hydrogen-bond donors (Lipinski definition) is 2. The van der Waals surface area contributed by atoms with Crippen molar-refractivity contribution in [3.63, 3.8) is 0 Å². The first-order valence-electron chi connectivity index (χ1n) is 8.93. The Hall–Kier alpha value is -3.69. The standard InChI is InChI=1S/C19H19FN6O3/c1-3-19(4-2,23-17(27)12-5-14(20)9-21-7-12)16-11-26(25-24-16)15-6-13(18(28)29)8-22-10-15/h5-11H,3-4H2,1-2H3,(H,23,27)(H,28,29). The summed E-state index contributed by atoms with van der Waals surface area (Å²) in [6, 6.07) is 2.53. The van der Waals surface area contributed by atoms with Crippen LogP contribution < -0.4 is 5.32 Å². The van der Waals surface area contributed by atoms with Crippen molar-refractivity contribution in [3.05, 3.63) is 65.8 Å². The van der Waals surface area contributed by atoms with Gasteiger partial charge in [0, 0.05) is 12.4 Å². The van der Waals surface area contributed by atoms with Crippen LogP contribution in [-0.2, 0) is 5.54 Å². The Morgan fingerprint density at radius 1 is 1.10 bits per heavy atom. The van der Waals surface area contributed by atoms with E-state index in [1.54, 1.807) is 6.20 Å². The van der Waals surface area contributed by atoms with E-state index in [1.807, 2.05) is 13.8 Å². The molecule has 3 aromatic rings. The predicted molar refractivity (Wildman–Crippen MR) is 100 cm³/mol. The van der Waals surface area contributed by atoms with Crippen molar-refractivity contribution in [2.75, 3.05) is 0 Å². The van der Waals surface area contributed by atoms with Crippen LogP contribution in [0.15, 0.2) is 43.1 Å². The van der Waals surface area contributed by atoms with Crippen LogP contribution in [0.1, 0.15) is 53.1 Å². The Bertz CT molecular complexity index is 1050. The third kappa shape index (κ3) is 4.10. The minimum atomic E-state index is -1.10. The zero-order chi connectivity index (χ0) is 21.0. The lowest BCUT2D eigenvalue weighted by Gasteiger charge is -2.30. The topological polar surface area (TPSA) is 123 Å². The van der Waals surface area contributed by atoms with E-state index in [0.717, 1.165) is 12.3 Å². The lowest BCUT2D eigenvalue weighted by atomic mass is 9.89. The molecular weight excluding hydrogens is 379 g/mol. The summed E-state index contributed by atoms with van der Waals surface area (Å²) in [4.78, 5) is 31.4. The number of carboxylic acids is 1. The molecule has 0 aliphatic carbocycles. The average Bonchev–Trinajstić information content (AvgIpc) is 3.23. The molecule has 0 bridgehead atoms. The number of pyridine rings is 2. The minimum absolute atomic E-state index is 0.0173. The maximum Gasteiger partial charge on any atom is 0.337 e.